The van der Waals surface area contributed by atoms with E-state index in [9.17, 15) is 0 Å². The third kappa shape index (κ3) is 2.36. The minimum Gasteiger partial charge on any atom is -0.360 e. The van der Waals surface area contributed by atoms with Gasteiger partial charge in [0.15, 0.2) is 0 Å². The first-order valence-corrected chi connectivity index (χ1v) is 9.83. The number of thioether (sulfide) groups is 1. The van der Waals surface area contributed by atoms with Gasteiger partial charge in [0.1, 0.15) is 11.5 Å². The van der Waals surface area contributed by atoms with Gasteiger partial charge in [0.05, 0.1) is 0 Å². The topological polar surface area (TPSA) is 29.3 Å². The molecule has 2 aliphatic rings. The van der Waals surface area contributed by atoms with Crippen LogP contribution in [-0.2, 0) is 13.0 Å². The number of hydrogen-bond donors (Lipinski definition) is 0. The van der Waals surface area contributed by atoms with Crippen molar-refractivity contribution in [2.24, 2.45) is 0 Å². The summed E-state index contributed by atoms with van der Waals surface area (Å²) in [5.41, 5.74) is 3.53. The van der Waals surface area contributed by atoms with Gasteiger partial charge in [-0.05, 0) is 22.9 Å². The summed E-state index contributed by atoms with van der Waals surface area (Å²) in [4.78, 5) is 2.63. The molecule has 1 aromatic heterocycles. The Kier molecular flexibility index (Phi) is 3.60. The fraction of sp³-hybridized carbons (Fsp3) is 0.350. The summed E-state index contributed by atoms with van der Waals surface area (Å²) in [5.74, 6) is 3.65. The highest BCUT2D eigenvalue weighted by molar-refractivity contribution is 7.99. The van der Waals surface area contributed by atoms with Crippen LogP contribution < -0.4 is 0 Å². The van der Waals surface area contributed by atoms with Crippen molar-refractivity contribution in [1.29, 1.82) is 0 Å². The van der Waals surface area contributed by atoms with Crippen LogP contribution in [0.15, 0.2) is 47.0 Å². The van der Waals surface area contributed by atoms with Crippen molar-refractivity contribution in [3.8, 4) is 11.3 Å². The lowest BCUT2D eigenvalue weighted by Gasteiger charge is -2.31. The van der Waals surface area contributed by atoms with Gasteiger partial charge < -0.3 is 4.52 Å². The van der Waals surface area contributed by atoms with Gasteiger partial charge in [-0.1, -0.05) is 47.6 Å². The molecule has 0 saturated carbocycles. The molecule has 3 nitrogen and oxygen atoms in total. The van der Waals surface area contributed by atoms with E-state index in [4.69, 9.17) is 4.52 Å². The van der Waals surface area contributed by atoms with Crippen LogP contribution in [0.1, 0.15) is 17.7 Å². The average Bonchev–Trinajstić information content (AvgIpc) is 3.30. The summed E-state index contributed by atoms with van der Waals surface area (Å²) in [7, 11) is 0. The summed E-state index contributed by atoms with van der Waals surface area (Å²) in [6.45, 7) is 2.07. The van der Waals surface area contributed by atoms with Crippen LogP contribution >= 0.6 is 11.8 Å². The number of fused-ring (bicyclic) bond motifs is 2. The zero-order valence-electron chi connectivity index (χ0n) is 13.6. The molecule has 122 valence electrons. The molecule has 0 amide bonds. The SMILES string of the molecule is c1ccc2c(-c3noc4c3CN([C@@H]3CCSC3)CC4)cccc2c1. The van der Waals surface area contributed by atoms with Crippen molar-refractivity contribution >= 4 is 22.5 Å². The Labute approximate surface area is 146 Å². The zero-order chi connectivity index (χ0) is 15.9. The van der Waals surface area contributed by atoms with Gasteiger partial charge in [-0.2, -0.15) is 11.8 Å². The van der Waals surface area contributed by atoms with Gasteiger partial charge in [0, 0.05) is 42.4 Å². The Morgan fingerprint density at radius 3 is 2.96 bits per heavy atom. The quantitative estimate of drug-likeness (QED) is 0.695. The molecule has 24 heavy (non-hydrogen) atoms. The maximum atomic E-state index is 5.72. The van der Waals surface area contributed by atoms with E-state index in [0.717, 1.165) is 37.0 Å². The van der Waals surface area contributed by atoms with Gasteiger partial charge in [-0.3, -0.25) is 4.90 Å². The smallest absolute Gasteiger partial charge is 0.143 e. The second-order valence-electron chi connectivity index (χ2n) is 6.70. The van der Waals surface area contributed by atoms with Crippen molar-refractivity contribution in [2.75, 3.05) is 18.1 Å². The summed E-state index contributed by atoms with van der Waals surface area (Å²) in [5, 5.41) is 6.98. The molecule has 1 fully saturated rings. The molecule has 1 saturated heterocycles. The molecule has 2 aromatic carbocycles. The van der Waals surface area contributed by atoms with Crippen LogP contribution in [0.4, 0.5) is 0 Å². The lowest BCUT2D eigenvalue weighted by Crippen LogP contribution is -2.39. The minimum absolute atomic E-state index is 0.721. The monoisotopic (exact) mass is 336 g/mol. The summed E-state index contributed by atoms with van der Waals surface area (Å²) >= 11 is 2.08. The number of rotatable bonds is 2. The predicted molar refractivity (Wildman–Crippen MR) is 99.3 cm³/mol. The first kappa shape index (κ1) is 14.6. The summed E-state index contributed by atoms with van der Waals surface area (Å²) in [6.07, 6.45) is 2.29. The van der Waals surface area contributed by atoms with Crippen LogP contribution in [0, 0.1) is 0 Å². The van der Waals surface area contributed by atoms with E-state index in [2.05, 4.69) is 64.3 Å². The van der Waals surface area contributed by atoms with E-state index in [1.807, 2.05) is 0 Å². The van der Waals surface area contributed by atoms with Crippen LogP contribution in [0.3, 0.4) is 0 Å². The van der Waals surface area contributed by atoms with Crippen LogP contribution in [0.2, 0.25) is 0 Å². The highest BCUT2D eigenvalue weighted by atomic mass is 32.2. The Hall–Kier alpha value is -1.78. The molecular formula is C20H20N2OS. The van der Waals surface area contributed by atoms with E-state index in [0.29, 0.717) is 0 Å². The van der Waals surface area contributed by atoms with Gasteiger partial charge in [0.25, 0.3) is 0 Å². The molecule has 0 radical (unpaired) electrons. The Morgan fingerprint density at radius 1 is 1.12 bits per heavy atom. The molecule has 0 N–H and O–H groups in total. The highest BCUT2D eigenvalue weighted by Crippen LogP contribution is 2.35. The first-order valence-electron chi connectivity index (χ1n) is 8.67. The molecule has 3 aromatic rings. The van der Waals surface area contributed by atoms with E-state index < -0.39 is 0 Å². The molecule has 2 aliphatic heterocycles. The van der Waals surface area contributed by atoms with Crippen molar-refractivity contribution in [3.63, 3.8) is 0 Å². The van der Waals surface area contributed by atoms with Gasteiger partial charge in [0.2, 0.25) is 0 Å². The molecule has 4 heteroatoms. The van der Waals surface area contributed by atoms with Crippen molar-refractivity contribution < 1.29 is 4.52 Å². The molecule has 5 rings (SSSR count). The molecular weight excluding hydrogens is 316 g/mol. The van der Waals surface area contributed by atoms with Gasteiger partial charge in [-0.15, -0.1) is 0 Å². The van der Waals surface area contributed by atoms with Crippen LogP contribution in [0.5, 0.6) is 0 Å². The van der Waals surface area contributed by atoms with E-state index >= 15 is 0 Å². The lowest BCUT2D eigenvalue weighted by molar-refractivity contribution is 0.184. The summed E-state index contributed by atoms with van der Waals surface area (Å²) in [6, 6.07) is 15.7. The molecule has 3 heterocycles. The largest absolute Gasteiger partial charge is 0.360 e. The van der Waals surface area contributed by atoms with Crippen molar-refractivity contribution in [1.82, 2.24) is 10.1 Å². The molecule has 0 aliphatic carbocycles. The third-order valence-corrected chi connectivity index (χ3v) is 6.47. The molecule has 0 bridgehead atoms. The second kappa shape index (κ2) is 5.94. The predicted octanol–water partition coefficient (Wildman–Crippen LogP) is 4.36. The second-order valence-corrected chi connectivity index (χ2v) is 7.85. The minimum atomic E-state index is 0.721. The maximum Gasteiger partial charge on any atom is 0.143 e. The highest BCUT2D eigenvalue weighted by Gasteiger charge is 2.30. The lowest BCUT2D eigenvalue weighted by atomic mass is 9.96. The van der Waals surface area contributed by atoms with E-state index in [1.54, 1.807) is 0 Å². The zero-order valence-corrected chi connectivity index (χ0v) is 14.4. The number of hydrogen-bond acceptors (Lipinski definition) is 4. The van der Waals surface area contributed by atoms with E-state index in [1.165, 1.54) is 39.8 Å². The molecule has 1 atom stereocenters. The number of benzene rings is 2. The standard InChI is InChI=1S/C20H20N2OS/c1-2-6-16-14(4-1)5-3-7-17(16)20-18-12-22(15-9-11-24-13-15)10-8-19(18)23-21-20/h1-7,15H,8-13H2/t15-/m1/s1. The van der Waals surface area contributed by atoms with Crippen LogP contribution in [0.25, 0.3) is 22.0 Å². The molecule has 0 spiro atoms. The Morgan fingerprint density at radius 2 is 2.04 bits per heavy atom. The first-order chi connectivity index (χ1) is 11.9. The van der Waals surface area contributed by atoms with Gasteiger partial charge in [-0.25, -0.2) is 0 Å². The Bertz CT molecular complexity index is 877. The average molecular weight is 336 g/mol. The fourth-order valence-corrected chi connectivity index (χ4v) is 5.25. The van der Waals surface area contributed by atoms with Crippen molar-refractivity contribution in [2.45, 2.75) is 25.4 Å². The van der Waals surface area contributed by atoms with Crippen molar-refractivity contribution in [3.05, 3.63) is 53.8 Å². The summed E-state index contributed by atoms with van der Waals surface area (Å²) < 4.78 is 5.72. The third-order valence-electron chi connectivity index (χ3n) is 5.32. The number of aromatic nitrogens is 1. The Balaban J connectivity index is 1.57. The van der Waals surface area contributed by atoms with Gasteiger partial charge >= 0.3 is 0 Å². The number of nitrogens with zero attached hydrogens (tertiary/aromatic N) is 2. The fourth-order valence-electron chi connectivity index (χ4n) is 4.00. The normalized spacial score (nSPS) is 21.2. The van der Waals surface area contributed by atoms with Crippen LogP contribution in [-0.4, -0.2) is 34.1 Å². The van der Waals surface area contributed by atoms with E-state index in [-0.39, 0.29) is 0 Å². The molecule has 0 unspecified atom stereocenters. The maximum absolute atomic E-state index is 5.72.